The topological polar surface area (TPSA) is 104 Å². The lowest BCUT2D eigenvalue weighted by Crippen LogP contribution is -2.39. The highest BCUT2D eigenvalue weighted by Crippen LogP contribution is 2.33. The molecule has 0 radical (unpaired) electrons. The molecule has 1 aromatic heterocycles. The molecule has 0 saturated carbocycles. The summed E-state index contributed by atoms with van der Waals surface area (Å²) in [6.07, 6.45) is 0. The minimum Gasteiger partial charge on any atom is -0.337 e. The monoisotopic (exact) mass is 470 g/mol. The molecule has 0 spiro atoms. The van der Waals surface area contributed by atoms with Crippen molar-refractivity contribution in [2.45, 2.75) is 18.6 Å². The van der Waals surface area contributed by atoms with Crippen LogP contribution in [0.2, 0.25) is 0 Å². The molecule has 0 bridgehead atoms. The summed E-state index contributed by atoms with van der Waals surface area (Å²) >= 11 is 3.39. The van der Waals surface area contributed by atoms with E-state index in [4.69, 9.17) is 4.52 Å². The largest absolute Gasteiger partial charge is 0.337 e. The summed E-state index contributed by atoms with van der Waals surface area (Å²) in [6.45, 7) is 0.00167. The minimum atomic E-state index is -0.992. The first-order valence-corrected chi connectivity index (χ1v) is 9.70. The summed E-state index contributed by atoms with van der Waals surface area (Å²) in [4.78, 5) is 30.9. The molecule has 0 N–H and O–H groups in total. The predicted molar refractivity (Wildman–Crippen MR) is 104 cm³/mol. The highest BCUT2D eigenvalue weighted by molar-refractivity contribution is 9.10. The number of anilines is 1. The lowest BCUT2D eigenvalue weighted by atomic mass is 10.1. The highest BCUT2D eigenvalue weighted by atomic mass is 79.9. The second-order valence-corrected chi connectivity index (χ2v) is 7.62. The van der Waals surface area contributed by atoms with Gasteiger partial charge in [-0.25, -0.2) is 9.29 Å². The summed E-state index contributed by atoms with van der Waals surface area (Å²) in [5.74, 6) is -1.03. The van der Waals surface area contributed by atoms with E-state index in [1.807, 2.05) is 24.3 Å². The molecule has 0 unspecified atom stereocenters. The molecule has 2 aliphatic rings. The van der Waals surface area contributed by atoms with E-state index in [1.165, 1.54) is 23.2 Å². The molecular formula is C19H12BrFN6O3. The number of hydrogen-bond donors (Lipinski definition) is 0. The van der Waals surface area contributed by atoms with Crippen molar-refractivity contribution in [3.05, 3.63) is 64.7 Å². The smallest absolute Gasteiger partial charge is 0.263 e. The molecule has 0 aliphatic carbocycles. The minimum absolute atomic E-state index is 0.00167. The third-order valence-electron chi connectivity index (χ3n) is 4.77. The average molecular weight is 471 g/mol. The van der Waals surface area contributed by atoms with Gasteiger partial charge in [0.25, 0.3) is 11.8 Å². The molecule has 5 rings (SSSR count). The van der Waals surface area contributed by atoms with Gasteiger partial charge in [0, 0.05) is 10.0 Å². The third kappa shape index (κ3) is 3.07. The van der Waals surface area contributed by atoms with Crippen molar-refractivity contribution in [1.29, 1.82) is 0 Å². The number of carbonyl (C=O) groups is 2. The fourth-order valence-corrected chi connectivity index (χ4v) is 3.83. The maximum atomic E-state index is 13.6. The molecule has 30 heavy (non-hydrogen) atoms. The molecule has 11 heteroatoms. The van der Waals surface area contributed by atoms with E-state index in [0.717, 1.165) is 21.0 Å². The van der Waals surface area contributed by atoms with Gasteiger partial charge >= 0.3 is 0 Å². The van der Waals surface area contributed by atoms with Crippen LogP contribution < -0.4 is 4.90 Å². The molecule has 1 fully saturated rings. The normalized spacial score (nSPS) is 20.3. The van der Waals surface area contributed by atoms with Gasteiger partial charge in [-0.05, 0) is 30.3 Å². The molecule has 1 saturated heterocycles. The third-order valence-corrected chi connectivity index (χ3v) is 5.27. The van der Waals surface area contributed by atoms with Crippen LogP contribution in [0.5, 0.6) is 0 Å². The molecule has 150 valence electrons. The number of fused-ring (bicyclic) bond motifs is 1. The second-order valence-electron chi connectivity index (χ2n) is 6.71. The summed E-state index contributed by atoms with van der Waals surface area (Å²) in [7, 11) is 0. The zero-order chi connectivity index (χ0) is 20.8. The number of imide groups is 1. The first-order chi connectivity index (χ1) is 14.5. The second kappa shape index (κ2) is 7.10. The quantitative estimate of drug-likeness (QED) is 0.542. The SMILES string of the molecule is O=C1[C@H]2N=NN(Cc3nc(-c4cccc(Br)c4)no3)[C@@H]2C(=O)N1c1cccc(F)c1. The van der Waals surface area contributed by atoms with Crippen molar-refractivity contribution >= 4 is 33.4 Å². The lowest BCUT2D eigenvalue weighted by molar-refractivity contribution is -0.123. The number of carbonyl (C=O) groups excluding carboxylic acids is 2. The van der Waals surface area contributed by atoms with E-state index in [0.29, 0.717) is 5.82 Å². The first-order valence-electron chi connectivity index (χ1n) is 8.90. The van der Waals surface area contributed by atoms with Crippen LogP contribution in [-0.4, -0.2) is 39.0 Å². The van der Waals surface area contributed by atoms with E-state index in [9.17, 15) is 14.0 Å². The van der Waals surface area contributed by atoms with E-state index < -0.39 is 29.7 Å². The highest BCUT2D eigenvalue weighted by Gasteiger charge is 2.55. The zero-order valence-corrected chi connectivity index (χ0v) is 16.7. The number of benzene rings is 2. The Morgan fingerprint density at radius 3 is 2.73 bits per heavy atom. The van der Waals surface area contributed by atoms with Crippen LogP contribution in [0.15, 0.2) is 67.9 Å². The molecule has 2 amide bonds. The Morgan fingerprint density at radius 1 is 1.10 bits per heavy atom. The Kier molecular flexibility index (Phi) is 4.39. The van der Waals surface area contributed by atoms with Crippen molar-refractivity contribution in [3.8, 4) is 11.4 Å². The molecule has 2 atom stereocenters. The van der Waals surface area contributed by atoms with Gasteiger partial charge in [-0.1, -0.05) is 44.5 Å². The van der Waals surface area contributed by atoms with Gasteiger partial charge in [-0.15, -0.1) is 0 Å². The summed E-state index contributed by atoms with van der Waals surface area (Å²) in [5.41, 5.74) is 0.911. The average Bonchev–Trinajstić information content (AvgIpc) is 3.41. The number of halogens is 2. The van der Waals surface area contributed by atoms with Crippen LogP contribution >= 0.6 is 15.9 Å². The van der Waals surface area contributed by atoms with Crippen LogP contribution in [-0.2, 0) is 16.1 Å². The van der Waals surface area contributed by atoms with Crippen molar-refractivity contribution in [1.82, 2.24) is 15.1 Å². The van der Waals surface area contributed by atoms with Crippen molar-refractivity contribution in [3.63, 3.8) is 0 Å². The van der Waals surface area contributed by atoms with Crippen molar-refractivity contribution in [2.24, 2.45) is 10.3 Å². The fraction of sp³-hybridized carbons (Fsp3) is 0.158. The first kappa shape index (κ1) is 18.6. The molecular weight excluding hydrogens is 459 g/mol. The van der Waals surface area contributed by atoms with Crippen LogP contribution in [0.4, 0.5) is 10.1 Å². The van der Waals surface area contributed by atoms with E-state index in [1.54, 1.807) is 0 Å². The summed E-state index contributed by atoms with van der Waals surface area (Å²) in [6, 6.07) is 10.7. The van der Waals surface area contributed by atoms with Gasteiger partial charge < -0.3 is 4.52 Å². The van der Waals surface area contributed by atoms with Crippen molar-refractivity contribution < 1.29 is 18.5 Å². The summed E-state index contributed by atoms with van der Waals surface area (Å²) in [5, 5.41) is 13.2. The Bertz CT molecular complexity index is 1200. The number of rotatable bonds is 4. The number of nitrogens with zero attached hydrogens (tertiary/aromatic N) is 6. The lowest BCUT2D eigenvalue weighted by Gasteiger charge is -2.19. The van der Waals surface area contributed by atoms with Gasteiger partial charge in [0.05, 0.1) is 5.69 Å². The van der Waals surface area contributed by atoms with Gasteiger partial charge in [0.2, 0.25) is 11.7 Å². The zero-order valence-electron chi connectivity index (χ0n) is 15.1. The molecule has 3 aromatic rings. The fourth-order valence-electron chi connectivity index (χ4n) is 3.43. The predicted octanol–water partition coefficient (Wildman–Crippen LogP) is 3.13. The van der Waals surface area contributed by atoms with Gasteiger partial charge in [0.1, 0.15) is 12.4 Å². The molecule has 9 nitrogen and oxygen atoms in total. The Hall–Kier alpha value is -3.47. The van der Waals surface area contributed by atoms with Gasteiger partial charge in [0.15, 0.2) is 12.1 Å². The maximum Gasteiger partial charge on any atom is 0.263 e. The van der Waals surface area contributed by atoms with Crippen LogP contribution in [0.3, 0.4) is 0 Å². The Morgan fingerprint density at radius 2 is 1.93 bits per heavy atom. The van der Waals surface area contributed by atoms with E-state index in [2.05, 4.69) is 36.4 Å². The van der Waals surface area contributed by atoms with E-state index >= 15 is 0 Å². The van der Waals surface area contributed by atoms with Crippen LogP contribution in [0.1, 0.15) is 5.89 Å². The van der Waals surface area contributed by atoms with Gasteiger partial charge in [-0.2, -0.15) is 10.1 Å². The number of aromatic nitrogens is 2. The van der Waals surface area contributed by atoms with Crippen molar-refractivity contribution in [2.75, 3.05) is 4.90 Å². The standard InChI is InChI=1S/C19H12BrFN6O3/c20-11-4-1-3-10(7-11)17-22-14(30-24-17)9-26-16-15(23-25-26)18(28)27(19(16)29)13-6-2-5-12(21)8-13/h1-8,15-16H,9H2/t15-,16-/m0/s1. The maximum absolute atomic E-state index is 13.6. The molecule has 2 aliphatic heterocycles. The molecule has 3 heterocycles. The van der Waals surface area contributed by atoms with E-state index in [-0.39, 0.29) is 18.1 Å². The number of hydrogen-bond acceptors (Lipinski definition) is 8. The summed E-state index contributed by atoms with van der Waals surface area (Å²) < 4.78 is 19.7. The van der Waals surface area contributed by atoms with Crippen LogP contribution in [0, 0.1) is 5.82 Å². The Balaban J connectivity index is 1.37. The van der Waals surface area contributed by atoms with Crippen LogP contribution in [0.25, 0.3) is 11.4 Å². The van der Waals surface area contributed by atoms with Gasteiger partial charge in [-0.3, -0.25) is 14.6 Å². The Labute approximate surface area is 177 Å². The molecule has 2 aromatic carbocycles. The number of amides is 2.